The van der Waals surface area contributed by atoms with Crippen LogP contribution in [0.3, 0.4) is 0 Å². The smallest absolute Gasteiger partial charge is 0.384 e. The molecule has 1 aromatic carbocycles. The van der Waals surface area contributed by atoms with E-state index in [0.717, 1.165) is 0 Å². The van der Waals surface area contributed by atoms with Crippen LogP contribution in [0, 0.1) is 0 Å². The van der Waals surface area contributed by atoms with Gasteiger partial charge in [0.25, 0.3) is 0 Å². The van der Waals surface area contributed by atoms with E-state index in [1.54, 1.807) is 0 Å². The number of benzene rings is 1. The topological polar surface area (TPSA) is 46.5 Å². The molecule has 0 radical (unpaired) electrons. The third-order valence-electron chi connectivity index (χ3n) is 3.46. The van der Waals surface area contributed by atoms with E-state index in [0.29, 0.717) is 24.3 Å². The molecule has 1 N–H and O–H groups in total. The van der Waals surface area contributed by atoms with Crippen molar-refractivity contribution in [3.8, 4) is 5.75 Å². The van der Waals surface area contributed by atoms with Crippen molar-refractivity contribution in [2.24, 2.45) is 0 Å². The number of halogens is 12. The monoisotopic (exact) mass is 452 g/mol. The summed E-state index contributed by atoms with van der Waals surface area (Å²) in [5.41, 5.74) is -0.435. The molecule has 15 heteroatoms. The number of alkyl halides is 12. The van der Waals surface area contributed by atoms with Gasteiger partial charge in [0.15, 0.2) is 6.61 Å². The van der Waals surface area contributed by atoms with E-state index in [9.17, 15) is 57.5 Å². The number of hydrogen-bond acceptors (Lipinski definition) is 2. The minimum Gasteiger partial charge on any atom is -0.487 e. The van der Waals surface area contributed by atoms with Crippen LogP contribution in [-0.4, -0.2) is 53.7 Å². The maximum atomic E-state index is 13.5. The van der Waals surface area contributed by atoms with E-state index in [2.05, 4.69) is 4.74 Å². The van der Waals surface area contributed by atoms with Gasteiger partial charge in [-0.2, -0.15) is 43.9 Å². The lowest BCUT2D eigenvalue weighted by molar-refractivity contribution is -0.414. The van der Waals surface area contributed by atoms with Crippen molar-refractivity contribution in [3.63, 3.8) is 0 Å². The fourth-order valence-electron chi connectivity index (χ4n) is 1.73. The molecule has 1 rings (SSSR count). The largest absolute Gasteiger partial charge is 0.487 e. The Hall–Kier alpha value is -2.35. The summed E-state index contributed by atoms with van der Waals surface area (Å²) in [5, 5.41) is 8.58. The average molecular weight is 452 g/mol. The van der Waals surface area contributed by atoms with Gasteiger partial charge in [-0.05, 0) is 24.3 Å². The molecule has 0 spiro atoms. The molecular weight excluding hydrogens is 444 g/mol. The van der Waals surface area contributed by atoms with Crippen LogP contribution in [-0.2, 0) is 0 Å². The lowest BCUT2D eigenvalue weighted by atomic mass is 9.94. The summed E-state index contributed by atoms with van der Waals surface area (Å²) < 4.78 is 160. The zero-order chi connectivity index (χ0) is 23.1. The number of aromatic carboxylic acids is 1. The van der Waals surface area contributed by atoms with Crippen LogP contribution >= 0.6 is 0 Å². The van der Waals surface area contributed by atoms with E-state index < -0.39 is 59.9 Å². The Balaban J connectivity index is 3.15. The van der Waals surface area contributed by atoms with Crippen molar-refractivity contribution in [2.75, 3.05) is 6.61 Å². The van der Waals surface area contributed by atoms with Crippen molar-refractivity contribution in [1.29, 1.82) is 0 Å². The lowest BCUT2D eigenvalue weighted by Crippen LogP contribution is -2.69. The molecule has 0 aromatic heterocycles. The normalized spacial score (nSPS) is 14.2. The Labute approximate surface area is 152 Å². The standard InChI is InChI=1S/C14H8F12O3/c15-9(16)11(19,20)13(23,24)14(25,26)12(21,22)10(17,18)5-29-7-3-1-6(2-4-7)8(27)28/h1-4,9H,5H2,(H,27,28). The Kier molecular flexibility index (Phi) is 6.37. The van der Waals surface area contributed by atoms with E-state index in [4.69, 9.17) is 5.11 Å². The molecule has 0 aliphatic rings. The predicted octanol–water partition coefficient (Wildman–Crippen LogP) is 5.21. The summed E-state index contributed by atoms with van der Waals surface area (Å²) in [6.45, 7) is -2.77. The van der Waals surface area contributed by atoms with Crippen LogP contribution in [0.4, 0.5) is 52.7 Å². The highest BCUT2D eigenvalue weighted by atomic mass is 19.4. The molecule has 0 atom stereocenters. The van der Waals surface area contributed by atoms with E-state index >= 15 is 0 Å². The van der Waals surface area contributed by atoms with Crippen molar-refractivity contribution in [2.45, 2.75) is 36.0 Å². The third kappa shape index (κ3) is 4.03. The molecule has 0 aliphatic heterocycles. The molecule has 0 unspecified atom stereocenters. The molecule has 29 heavy (non-hydrogen) atoms. The van der Waals surface area contributed by atoms with Gasteiger partial charge in [-0.15, -0.1) is 0 Å². The van der Waals surface area contributed by atoms with Gasteiger partial charge in [0.2, 0.25) is 0 Å². The summed E-state index contributed by atoms with van der Waals surface area (Å²) in [6, 6.07) is 2.63. The number of rotatable bonds is 9. The minimum absolute atomic E-state index is 0.435. The Morgan fingerprint density at radius 1 is 0.828 bits per heavy atom. The molecule has 1 aromatic rings. The van der Waals surface area contributed by atoms with Gasteiger partial charge in [0.1, 0.15) is 5.75 Å². The van der Waals surface area contributed by atoms with Crippen molar-refractivity contribution in [3.05, 3.63) is 29.8 Å². The molecule has 166 valence electrons. The van der Waals surface area contributed by atoms with Gasteiger partial charge >= 0.3 is 42.0 Å². The first kappa shape index (κ1) is 24.7. The van der Waals surface area contributed by atoms with Crippen LogP contribution in [0.5, 0.6) is 5.75 Å². The molecule has 0 saturated carbocycles. The second-order valence-electron chi connectivity index (χ2n) is 5.47. The highest BCUT2D eigenvalue weighted by molar-refractivity contribution is 5.87. The molecule has 0 aliphatic carbocycles. The minimum atomic E-state index is -7.63. The summed E-state index contributed by atoms with van der Waals surface area (Å²) in [7, 11) is 0. The quantitative estimate of drug-likeness (QED) is 0.524. The van der Waals surface area contributed by atoms with Gasteiger partial charge in [-0.25, -0.2) is 13.6 Å². The maximum Gasteiger partial charge on any atom is 0.384 e. The number of carboxylic acids is 1. The van der Waals surface area contributed by atoms with Crippen LogP contribution in [0.1, 0.15) is 10.4 Å². The van der Waals surface area contributed by atoms with Gasteiger partial charge < -0.3 is 9.84 Å². The fraction of sp³-hybridized carbons (Fsp3) is 0.500. The first-order valence-electron chi connectivity index (χ1n) is 6.96. The Morgan fingerprint density at radius 3 is 1.66 bits per heavy atom. The van der Waals surface area contributed by atoms with Crippen molar-refractivity contribution >= 4 is 5.97 Å². The van der Waals surface area contributed by atoms with Gasteiger partial charge in [-0.3, -0.25) is 0 Å². The highest BCUT2D eigenvalue weighted by Gasteiger charge is 2.87. The van der Waals surface area contributed by atoms with Crippen LogP contribution < -0.4 is 4.74 Å². The van der Waals surface area contributed by atoms with E-state index in [-0.39, 0.29) is 0 Å². The molecule has 0 amide bonds. The Bertz CT molecular complexity index is 730. The molecule has 0 bridgehead atoms. The Morgan fingerprint density at radius 2 is 1.28 bits per heavy atom. The molecular formula is C14H8F12O3. The summed E-state index contributed by atoms with van der Waals surface area (Å²) >= 11 is 0. The van der Waals surface area contributed by atoms with Crippen molar-refractivity contribution < 1.29 is 67.3 Å². The first-order valence-corrected chi connectivity index (χ1v) is 6.96. The highest BCUT2D eigenvalue weighted by Crippen LogP contribution is 2.58. The summed E-state index contributed by atoms with van der Waals surface area (Å²) in [5.74, 6) is -38.1. The van der Waals surface area contributed by atoms with Crippen LogP contribution in [0.2, 0.25) is 0 Å². The van der Waals surface area contributed by atoms with Crippen LogP contribution in [0.25, 0.3) is 0 Å². The van der Waals surface area contributed by atoms with Gasteiger partial charge in [0, 0.05) is 0 Å². The number of carboxylic acid groups (broad SMARTS) is 1. The zero-order valence-electron chi connectivity index (χ0n) is 13.4. The SMILES string of the molecule is O=C(O)c1ccc(OCC(F)(F)C(F)(F)C(F)(F)C(F)(F)C(F)(F)C(F)F)cc1. The molecule has 0 saturated heterocycles. The predicted molar refractivity (Wildman–Crippen MR) is 69.6 cm³/mol. The zero-order valence-corrected chi connectivity index (χ0v) is 13.4. The maximum absolute atomic E-state index is 13.5. The number of carbonyl (C=O) groups is 1. The van der Waals surface area contributed by atoms with E-state index in [1.807, 2.05) is 0 Å². The average Bonchev–Trinajstić information content (AvgIpc) is 2.59. The van der Waals surface area contributed by atoms with E-state index in [1.165, 1.54) is 0 Å². The van der Waals surface area contributed by atoms with Crippen LogP contribution in [0.15, 0.2) is 24.3 Å². The second kappa shape index (κ2) is 7.48. The molecule has 3 nitrogen and oxygen atoms in total. The van der Waals surface area contributed by atoms with Gasteiger partial charge in [0.05, 0.1) is 5.56 Å². The lowest BCUT2D eigenvalue weighted by Gasteiger charge is -2.39. The number of ether oxygens (including phenoxy) is 1. The molecule has 0 fully saturated rings. The number of hydrogen-bond donors (Lipinski definition) is 1. The first-order chi connectivity index (χ1) is 12.8. The third-order valence-corrected chi connectivity index (χ3v) is 3.46. The van der Waals surface area contributed by atoms with Crippen molar-refractivity contribution in [1.82, 2.24) is 0 Å². The van der Waals surface area contributed by atoms with Gasteiger partial charge in [-0.1, -0.05) is 0 Å². The fourth-order valence-corrected chi connectivity index (χ4v) is 1.73. The molecule has 0 heterocycles. The summed E-state index contributed by atoms with van der Waals surface area (Å²) in [4.78, 5) is 10.6. The summed E-state index contributed by atoms with van der Waals surface area (Å²) in [6.07, 6.45) is -5.57. The second-order valence-corrected chi connectivity index (χ2v) is 5.47.